The zero-order valence-electron chi connectivity index (χ0n) is 15.2. The lowest BCUT2D eigenvalue weighted by molar-refractivity contribution is -0.119. The van der Waals surface area contributed by atoms with Crippen molar-refractivity contribution in [3.8, 4) is 5.69 Å². The van der Waals surface area contributed by atoms with Gasteiger partial charge in [0.25, 0.3) is 5.91 Å². The standard InChI is InChI=1S/C19H15N5O4S/c1-11-9-20-19(27)24(11)13-7-5-12(6-8-13)18(26)28-10-16(25)21-14-3-2-4-15-17(14)23-29-22-15/h2-9H,10H2,1H3,(H,20,27)(H,21,25). The number of aryl methyl sites for hydroxylation is 1. The van der Waals surface area contributed by atoms with E-state index in [0.717, 1.165) is 17.4 Å². The Morgan fingerprint density at radius 3 is 2.69 bits per heavy atom. The fourth-order valence-corrected chi connectivity index (χ4v) is 3.38. The van der Waals surface area contributed by atoms with Crippen LogP contribution >= 0.6 is 11.7 Å². The lowest BCUT2D eigenvalue weighted by Crippen LogP contribution is -2.21. The number of nitrogens with one attached hydrogen (secondary N) is 2. The van der Waals surface area contributed by atoms with Crippen LogP contribution < -0.4 is 11.0 Å². The number of aromatic nitrogens is 4. The molecule has 0 aliphatic rings. The van der Waals surface area contributed by atoms with Gasteiger partial charge in [-0.25, -0.2) is 9.59 Å². The van der Waals surface area contributed by atoms with Crippen LogP contribution in [-0.4, -0.2) is 36.8 Å². The highest BCUT2D eigenvalue weighted by molar-refractivity contribution is 7.00. The number of carbonyl (C=O) groups is 2. The Morgan fingerprint density at radius 2 is 1.97 bits per heavy atom. The van der Waals surface area contributed by atoms with Gasteiger partial charge >= 0.3 is 11.7 Å². The van der Waals surface area contributed by atoms with Crippen LogP contribution in [0.4, 0.5) is 5.69 Å². The van der Waals surface area contributed by atoms with Gasteiger partial charge in [0.15, 0.2) is 6.61 Å². The van der Waals surface area contributed by atoms with Crippen molar-refractivity contribution in [1.29, 1.82) is 0 Å². The first-order chi connectivity index (χ1) is 14.0. The maximum atomic E-state index is 12.2. The molecule has 2 aromatic heterocycles. The van der Waals surface area contributed by atoms with Crippen LogP contribution in [0.3, 0.4) is 0 Å². The third-order valence-corrected chi connectivity index (χ3v) is 4.76. The molecule has 0 saturated heterocycles. The van der Waals surface area contributed by atoms with Crippen molar-refractivity contribution < 1.29 is 14.3 Å². The van der Waals surface area contributed by atoms with Gasteiger partial charge in [-0.2, -0.15) is 8.75 Å². The largest absolute Gasteiger partial charge is 0.452 e. The SMILES string of the molecule is Cc1c[nH]c(=O)n1-c1ccc(C(=O)OCC(=O)Nc2cccc3nsnc23)cc1. The Labute approximate surface area is 168 Å². The van der Waals surface area contributed by atoms with Gasteiger partial charge in [-0.05, 0) is 43.3 Å². The topological polar surface area (TPSA) is 119 Å². The first kappa shape index (κ1) is 18.6. The Bertz CT molecular complexity index is 1260. The fraction of sp³-hybridized carbons (Fsp3) is 0.105. The van der Waals surface area contributed by atoms with E-state index in [-0.39, 0.29) is 11.3 Å². The smallest absolute Gasteiger partial charge is 0.338 e. The first-order valence-corrected chi connectivity index (χ1v) is 9.31. The minimum Gasteiger partial charge on any atom is -0.452 e. The zero-order chi connectivity index (χ0) is 20.4. The number of nitrogens with zero attached hydrogens (tertiary/aromatic N) is 3. The summed E-state index contributed by atoms with van der Waals surface area (Å²) in [7, 11) is 0. The van der Waals surface area contributed by atoms with Crippen molar-refractivity contribution in [2.24, 2.45) is 0 Å². The summed E-state index contributed by atoms with van der Waals surface area (Å²) < 4.78 is 14.8. The van der Waals surface area contributed by atoms with Crippen LogP contribution in [0.5, 0.6) is 0 Å². The molecule has 4 rings (SSSR count). The van der Waals surface area contributed by atoms with Crippen LogP contribution in [0, 0.1) is 6.92 Å². The van der Waals surface area contributed by atoms with Crippen LogP contribution in [0.2, 0.25) is 0 Å². The number of fused-ring (bicyclic) bond motifs is 1. The molecule has 1 amide bonds. The minimum absolute atomic E-state index is 0.264. The molecule has 0 saturated carbocycles. The second-order valence-corrected chi connectivity index (χ2v) is 6.71. The van der Waals surface area contributed by atoms with Crippen molar-refractivity contribution >= 4 is 40.3 Å². The van der Waals surface area contributed by atoms with Gasteiger partial charge in [-0.3, -0.25) is 9.36 Å². The molecule has 0 atom stereocenters. The molecule has 9 nitrogen and oxygen atoms in total. The molecule has 2 heterocycles. The molecule has 4 aromatic rings. The van der Waals surface area contributed by atoms with E-state index < -0.39 is 18.5 Å². The van der Waals surface area contributed by atoms with Crippen molar-refractivity contribution in [1.82, 2.24) is 18.3 Å². The van der Waals surface area contributed by atoms with E-state index in [1.54, 1.807) is 43.5 Å². The molecule has 0 aliphatic heterocycles. The average molecular weight is 409 g/mol. The molecule has 29 heavy (non-hydrogen) atoms. The Morgan fingerprint density at radius 1 is 1.17 bits per heavy atom. The van der Waals surface area contributed by atoms with Crippen LogP contribution in [0.25, 0.3) is 16.7 Å². The summed E-state index contributed by atoms with van der Waals surface area (Å²) in [5, 5.41) is 2.66. The third-order valence-electron chi connectivity index (χ3n) is 4.22. The predicted molar refractivity (Wildman–Crippen MR) is 107 cm³/mol. The maximum absolute atomic E-state index is 12.2. The van der Waals surface area contributed by atoms with Crippen LogP contribution in [0.1, 0.15) is 16.1 Å². The second kappa shape index (κ2) is 7.68. The zero-order valence-corrected chi connectivity index (χ0v) is 16.0. The molecule has 2 N–H and O–H groups in total. The van der Waals surface area contributed by atoms with E-state index in [1.165, 1.54) is 16.7 Å². The average Bonchev–Trinajstić information content (AvgIpc) is 3.33. The number of amides is 1. The number of esters is 1. The number of imidazole rings is 1. The predicted octanol–water partition coefficient (Wildman–Crippen LogP) is 2.27. The number of hydrogen-bond acceptors (Lipinski definition) is 7. The molecule has 0 spiro atoms. The summed E-state index contributed by atoms with van der Waals surface area (Å²) in [5.41, 5.74) is 3.15. The molecule has 2 aromatic carbocycles. The molecule has 0 bridgehead atoms. The summed E-state index contributed by atoms with van der Waals surface area (Å²) >= 11 is 1.05. The molecular formula is C19H15N5O4S. The van der Waals surface area contributed by atoms with Gasteiger partial charge in [0.05, 0.1) is 28.7 Å². The van der Waals surface area contributed by atoms with E-state index in [2.05, 4.69) is 19.0 Å². The third kappa shape index (κ3) is 3.78. The van der Waals surface area contributed by atoms with Gasteiger partial charge in [-0.1, -0.05) is 6.07 Å². The van der Waals surface area contributed by atoms with Gasteiger partial charge in [-0.15, -0.1) is 0 Å². The highest BCUT2D eigenvalue weighted by atomic mass is 32.1. The minimum atomic E-state index is -0.640. The first-order valence-electron chi connectivity index (χ1n) is 8.58. The quantitative estimate of drug-likeness (QED) is 0.488. The van der Waals surface area contributed by atoms with Crippen molar-refractivity contribution in [2.45, 2.75) is 6.92 Å². The van der Waals surface area contributed by atoms with E-state index in [1.807, 2.05) is 0 Å². The molecule has 10 heteroatoms. The molecule has 0 radical (unpaired) electrons. The lowest BCUT2D eigenvalue weighted by Gasteiger charge is -2.08. The highest BCUT2D eigenvalue weighted by Crippen LogP contribution is 2.21. The maximum Gasteiger partial charge on any atom is 0.338 e. The number of carbonyl (C=O) groups excluding carboxylic acids is 2. The highest BCUT2D eigenvalue weighted by Gasteiger charge is 2.13. The number of hydrogen-bond donors (Lipinski definition) is 2. The lowest BCUT2D eigenvalue weighted by atomic mass is 10.2. The second-order valence-electron chi connectivity index (χ2n) is 6.18. The Kier molecular flexibility index (Phi) is 4.92. The van der Waals surface area contributed by atoms with E-state index in [4.69, 9.17) is 4.74 Å². The molecule has 0 unspecified atom stereocenters. The monoisotopic (exact) mass is 409 g/mol. The van der Waals surface area contributed by atoms with Crippen LogP contribution in [-0.2, 0) is 9.53 Å². The Hall–Kier alpha value is -3.79. The van der Waals surface area contributed by atoms with Gasteiger partial charge in [0.2, 0.25) is 0 Å². The molecule has 0 fully saturated rings. The molecular weight excluding hydrogens is 394 g/mol. The van der Waals surface area contributed by atoms with Gasteiger partial charge in [0, 0.05) is 11.9 Å². The normalized spacial score (nSPS) is 10.8. The fourth-order valence-electron chi connectivity index (χ4n) is 2.83. The van der Waals surface area contributed by atoms with Crippen LogP contribution in [0.15, 0.2) is 53.5 Å². The van der Waals surface area contributed by atoms with Crippen molar-refractivity contribution in [2.75, 3.05) is 11.9 Å². The summed E-state index contributed by atoms with van der Waals surface area (Å²) in [5.74, 6) is -1.12. The number of ether oxygens (including phenoxy) is 1. The summed E-state index contributed by atoms with van der Waals surface area (Å²) in [6.45, 7) is 1.35. The van der Waals surface area contributed by atoms with Crippen molar-refractivity contribution in [3.05, 3.63) is 70.4 Å². The Balaban J connectivity index is 1.39. The summed E-state index contributed by atoms with van der Waals surface area (Å²) in [6, 6.07) is 11.6. The van der Waals surface area contributed by atoms with Crippen molar-refractivity contribution in [3.63, 3.8) is 0 Å². The number of aromatic amines is 1. The van der Waals surface area contributed by atoms with E-state index >= 15 is 0 Å². The van der Waals surface area contributed by atoms with Gasteiger partial charge in [0.1, 0.15) is 11.0 Å². The number of anilines is 1. The number of benzene rings is 2. The number of H-pyrrole nitrogens is 1. The molecule has 146 valence electrons. The molecule has 0 aliphatic carbocycles. The van der Waals surface area contributed by atoms with E-state index in [9.17, 15) is 14.4 Å². The van der Waals surface area contributed by atoms with Gasteiger partial charge < -0.3 is 15.0 Å². The summed E-state index contributed by atoms with van der Waals surface area (Å²) in [4.78, 5) is 38.7. The number of rotatable bonds is 5. The van der Waals surface area contributed by atoms with E-state index in [0.29, 0.717) is 22.4 Å². The summed E-state index contributed by atoms with van der Waals surface area (Å²) in [6.07, 6.45) is 1.60.